The zero-order valence-electron chi connectivity index (χ0n) is 13.3. The second-order valence-corrected chi connectivity index (χ2v) is 6.46. The predicted octanol–water partition coefficient (Wildman–Crippen LogP) is 1.85. The summed E-state index contributed by atoms with van der Waals surface area (Å²) in [6, 6.07) is 4.11. The molecule has 0 radical (unpaired) electrons. The van der Waals surface area contributed by atoms with Crippen LogP contribution < -0.4 is 10.6 Å². The molecule has 8 heteroatoms. The Balaban J connectivity index is 2.00. The molecule has 1 heterocycles. The Hall–Kier alpha value is -1.79. The largest absolute Gasteiger partial charge is 0.355 e. The maximum atomic E-state index is 12.7. The van der Waals surface area contributed by atoms with Gasteiger partial charge < -0.3 is 15.5 Å². The molecule has 1 aliphatic rings. The van der Waals surface area contributed by atoms with Gasteiger partial charge in [0.05, 0.1) is 0 Å². The van der Waals surface area contributed by atoms with E-state index in [-0.39, 0.29) is 17.7 Å². The lowest BCUT2D eigenvalue weighted by molar-refractivity contribution is -0.125. The minimum Gasteiger partial charge on any atom is -0.355 e. The molecule has 2 rings (SSSR count). The molecule has 0 spiro atoms. The van der Waals surface area contributed by atoms with E-state index in [2.05, 4.69) is 10.6 Å². The predicted molar refractivity (Wildman–Crippen MR) is 92.2 cm³/mol. The minimum atomic E-state index is -0.521. The highest BCUT2D eigenvalue weighted by Crippen LogP contribution is 2.24. The van der Waals surface area contributed by atoms with Crippen molar-refractivity contribution in [2.24, 2.45) is 0 Å². The number of carbonyl (C=O) groups is 3. The van der Waals surface area contributed by atoms with Gasteiger partial charge in [0.15, 0.2) is 0 Å². The summed E-state index contributed by atoms with van der Waals surface area (Å²) in [5, 5.41) is 6.09. The number of nitrogens with zero attached hydrogens (tertiary/aromatic N) is 1. The molecule has 1 aromatic carbocycles. The van der Waals surface area contributed by atoms with Gasteiger partial charge in [0.1, 0.15) is 6.04 Å². The summed E-state index contributed by atoms with van der Waals surface area (Å²) in [6.07, 6.45) is 1.36. The first kappa shape index (κ1) is 18.5. The van der Waals surface area contributed by atoms with E-state index in [9.17, 15) is 14.4 Å². The van der Waals surface area contributed by atoms with Crippen LogP contribution in [0.3, 0.4) is 0 Å². The Kier molecular flexibility index (Phi) is 6.45. The van der Waals surface area contributed by atoms with Crippen molar-refractivity contribution in [2.45, 2.75) is 25.8 Å². The molecule has 1 aromatic rings. The summed E-state index contributed by atoms with van der Waals surface area (Å²) in [4.78, 5) is 37.3. The lowest BCUT2D eigenvalue weighted by Gasteiger charge is -2.24. The fourth-order valence-corrected chi connectivity index (χ4v) is 3.19. The molecule has 24 heavy (non-hydrogen) atoms. The first-order valence-corrected chi connectivity index (χ1v) is 8.43. The van der Waals surface area contributed by atoms with Crippen LogP contribution in [0.4, 0.5) is 0 Å². The van der Waals surface area contributed by atoms with Crippen LogP contribution in [0.15, 0.2) is 18.2 Å². The number of rotatable bonds is 5. The van der Waals surface area contributed by atoms with Crippen LogP contribution in [0.2, 0.25) is 10.0 Å². The smallest absolute Gasteiger partial charge is 0.254 e. The quantitative estimate of drug-likeness (QED) is 0.775. The summed E-state index contributed by atoms with van der Waals surface area (Å²) < 4.78 is 0. The highest BCUT2D eigenvalue weighted by molar-refractivity contribution is 6.35. The van der Waals surface area contributed by atoms with Crippen molar-refractivity contribution >= 4 is 40.9 Å². The monoisotopic (exact) mass is 371 g/mol. The van der Waals surface area contributed by atoms with Gasteiger partial charge in [0.2, 0.25) is 11.8 Å². The van der Waals surface area contributed by atoms with Gasteiger partial charge in [-0.05, 0) is 31.0 Å². The topological polar surface area (TPSA) is 78.5 Å². The van der Waals surface area contributed by atoms with E-state index >= 15 is 0 Å². The van der Waals surface area contributed by atoms with Crippen molar-refractivity contribution in [3.05, 3.63) is 33.8 Å². The summed E-state index contributed by atoms with van der Waals surface area (Å²) >= 11 is 11.9. The highest BCUT2D eigenvalue weighted by Gasteiger charge is 2.34. The van der Waals surface area contributed by atoms with Gasteiger partial charge in [-0.3, -0.25) is 14.4 Å². The van der Waals surface area contributed by atoms with Crippen LogP contribution in [0.25, 0.3) is 0 Å². The Morgan fingerprint density at radius 1 is 1.12 bits per heavy atom. The van der Waals surface area contributed by atoms with Gasteiger partial charge in [-0.2, -0.15) is 0 Å². The molecule has 6 nitrogen and oxygen atoms in total. The third-order valence-electron chi connectivity index (χ3n) is 3.72. The molecule has 2 N–H and O–H groups in total. The van der Waals surface area contributed by atoms with E-state index in [0.29, 0.717) is 41.7 Å². The number of carbonyl (C=O) groups excluding carboxylic acids is 3. The SMILES string of the molecule is CC(=O)NCCNC(=O)C1CCCN1C(=O)c1cc(Cl)cc(Cl)c1. The van der Waals surface area contributed by atoms with E-state index in [0.717, 1.165) is 6.42 Å². The summed E-state index contributed by atoms with van der Waals surface area (Å²) in [5.41, 5.74) is 0.366. The van der Waals surface area contributed by atoms with Crippen molar-refractivity contribution in [3.8, 4) is 0 Å². The number of hydrogen-bond acceptors (Lipinski definition) is 3. The van der Waals surface area contributed by atoms with Crippen LogP contribution in [-0.4, -0.2) is 48.3 Å². The van der Waals surface area contributed by atoms with Crippen LogP contribution in [0.1, 0.15) is 30.1 Å². The molecule has 0 saturated carbocycles. The fraction of sp³-hybridized carbons (Fsp3) is 0.438. The number of hydrogen-bond donors (Lipinski definition) is 2. The molecule has 1 atom stereocenters. The normalized spacial score (nSPS) is 16.8. The van der Waals surface area contributed by atoms with Crippen LogP contribution in [0, 0.1) is 0 Å². The van der Waals surface area contributed by atoms with E-state index in [1.807, 2.05) is 0 Å². The third-order valence-corrected chi connectivity index (χ3v) is 4.16. The molecular weight excluding hydrogens is 353 g/mol. The second-order valence-electron chi connectivity index (χ2n) is 5.59. The summed E-state index contributed by atoms with van der Waals surface area (Å²) in [6.45, 7) is 2.59. The second kappa shape index (κ2) is 8.35. The van der Waals surface area contributed by atoms with Crippen LogP contribution >= 0.6 is 23.2 Å². The number of amides is 3. The Labute approximate surface area is 150 Å². The average molecular weight is 372 g/mol. The van der Waals surface area contributed by atoms with Gasteiger partial charge in [-0.15, -0.1) is 0 Å². The number of benzene rings is 1. The lowest BCUT2D eigenvalue weighted by Crippen LogP contribution is -2.47. The molecule has 0 aromatic heterocycles. The molecule has 130 valence electrons. The third kappa shape index (κ3) is 4.85. The average Bonchev–Trinajstić information content (AvgIpc) is 2.99. The van der Waals surface area contributed by atoms with Crippen molar-refractivity contribution in [1.29, 1.82) is 0 Å². The molecule has 3 amide bonds. The molecule has 1 fully saturated rings. The molecule has 0 bridgehead atoms. The lowest BCUT2D eigenvalue weighted by atomic mass is 10.1. The van der Waals surface area contributed by atoms with Crippen molar-refractivity contribution in [2.75, 3.05) is 19.6 Å². The van der Waals surface area contributed by atoms with E-state index in [1.54, 1.807) is 18.2 Å². The standard InChI is InChI=1S/C16H19Cl2N3O3/c1-10(22)19-4-5-20-15(23)14-3-2-6-21(14)16(24)11-7-12(17)9-13(18)8-11/h7-9,14H,2-6H2,1H3,(H,19,22)(H,20,23). The van der Waals surface area contributed by atoms with Gasteiger partial charge >= 0.3 is 0 Å². The Morgan fingerprint density at radius 2 is 1.75 bits per heavy atom. The summed E-state index contributed by atoms with van der Waals surface area (Å²) in [7, 11) is 0. The highest BCUT2D eigenvalue weighted by atomic mass is 35.5. The molecule has 1 aliphatic heterocycles. The molecule has 0 aliphatic carbocycles. The van der Waals surface area contributed by atoms with E-state index < -0.39 is 6.04 Å². The fourth-order valence-electron chi connectivity index (χ4n) is 2.67. The van der Waals surface area contributed by atoms with Crippen LogP contribution in [-0.2, 0) is 9.59 Å². The maximum absolute atomic E-state index is 12.7. The van der Waals surface area contributed by atoms with Gasteiger partial charge in [-0.1, -0.05) is 23.2 Å². The Morgan fingerprint density at radius 3 is 2.38 bits per heavy atom. The Bertz CT molecular complexity index is 631. The maximum Gasteiger partial charge on any atom is 0.254 e. The molecule has 1 unspecified atom stereocenters. The first-order chi connectivity index (χ1) is 11.4. The van der Waals surface area contributed by atoms with E-state index in [1.165, 1.54) is 11.8 Å². The minimum absolute atomic E-state index is 0.153. The van der Waals surface area contributed by atoms with Gasteiger partial charge in [0.25, 0.3) is 5.91 Å². The van der Waals surface area contributed by atoms with Gasteiger partial charge in [0, 0.05) is 42.2 Å². The van der Waals surface area contributed by atoms with Crippen molar-refractivity contribution in [1.82, 2.24) is 15.5 Å². The van der Waals surface area contributed by atoms with Crippen molar-refractivity contribution in [3.63, 3.8) is 0 Å². The van der Waals surface area contributed by atoms with Crippen LogP contribution in [0.5, 0.6) is 0 Å². The zero-order valence-corrected chi connectivity index (χ0v) is 14.8. The number of likely N-dealkylation sites (tertiary alicyclic amines) is 1. The molecule has 1 saturated heterocycles. The van der Waals surface area contributed by atoms with Gasteiger partial charge in [-0.25, -0.2) is 0 Å². The van der Waals surface area contributed by atoms with Crippen molar-refractivity contribution < 1.29 is 14.4 Å². The van der Waals surface area contributed by atoms with E-state index in [4.69, 9.17) is 23.2 Å². The first-order valence-electron chi connectivity index (χ1n) is 7.67. The number of nitrogens with one attached hydrogen (secondary N) is 2. The number of halogens is 2. The zero-order chi connectivity index (χ0) is 17.7. The molecular formula is C16H19Cl2N3O3. The summed E-state index contributed by atoms with van der Waals surface area (Å²) in [5.74, 6) is -0.641.